The van der Waals surface area contributed by atoms with E-state index in [9.17, 15) is 9.90 Å². The fraction of sp³-hybridized carbons (Fsp3) is 0.438. The van der Waals surface area contributed by atoms with Crippen LogP contribution in [0.2, 0.25) is 0 Å². The average molecular weight is 276 g/mol. The van der Waals surface area contributed by atoms with Crippen molar-refractivity contribution in [3.8, 4) is 11.5 Å². The number of hydrogen-bond acceptors (Lipinski definition) is 4. The highest BCUT2D eigenvalue weighted by Gasteiger charge is 2.29. The molecule has 0 spiro atoms. The molecule has 0 radical (unpaired) electrons. The van der Waals surface area contributed by atoms with Crippen LogP contribution < -0.4 is 4.74 Å². The number of esters is 1. The summed E-state index contributed by atoms with van der Waals surface area (Å²) >= 11 is 0. The van der Waals surface area contributed by atoms with Crippen LogP contribution in [0.1, 0.15) is 42.3 Å². The molecule has 0 amide bonds. The van der Waals surface area contributed by atoms with Gasteiger partial charge in [-0.25, -0.2) is 4.79 Å². The van der Waals surface area contributed by atoms with Crippen molar-refractivity contribution >= 4 is 5.97 Å². The number of methoxy groups -OCH3 is 1. The van der Waals surface area contributed by atoms with Crippen molar-refractivity contribution in [2.75, 3.05) is 7.11 Å². The SMILES string of the molecule is COc1c(O)cc2c(c1CC=C(C)C)CC(C)OC2=O. The van der Waals surface area contributed by atoms with E-state index in [2.05, 4.69) is 6.08 Å². The number of hydrogen-bond donors (Lipinski definition) is 1. The second-order valence-electron chi connectivity index (χ2n) is 5.34. The molecule has 0 aliphatic carbocycles. The van der Waals surface area contributed by atoms with Crippen molar-refractivity contribution in [3.05, 3.63) is 34.4 Å². The highest BCUT2D eigenvalue weighted by atomic mass is 16.5. The summed E-state index contributed by atoms with van der Waals surface area (Å²) in [6, 6.07) is 1.44. The highest BCUT2D eigenvalue weighted by Crippen LogP contribution is 2.38. The van der Waals surface area contributed by atoms with Crippen LogP contribution in [0.25, 0.3) is 0 Å². The Labute approximate surface area is 119 Å². The molecule has 20 heavy (non-hydrogen) atoms. The first-order valence-electron chi connectivity index (χ1n) is 6.70. The molecule has 1 atom stereocenters. The molecule has 1 N–H and O–H groups in total. The summed E-state index contributed by atoms with van der Waals surface area (Å²) in [5.41, 5.74) is 3.40. The van der Waals surface area contributed by atoms with Crippen LogP contribution in [0.15, 0.2) is 17.7 Å². The van der Waals surface area contributed by atoms with Gasteiger partial charge in [-0.1, -0.05) is 11.6 Å². The lowest BCUT2D eigenvalue weighted by Crippen LogP contribution is -2.26. The van der Waals surface area contributed by atoms with Crippen LogP contribution in [-0.2, 0) is 17.6 Å². The summed E-state index contributed by atoms with van der Waals surface area (Å²) in [6.45, 7) is 5.89. The van der Waals surface area contributed by atoms with Crippen LogP contribution in [0.5, 0.6) is 11.5 Å². The molecule has 0 bridgehead atoms. The lowest BCUT2D eigenvalue weighted by atomic mass is 9.90. The van der Waals surface area contributed by atoms with Gasteiger partial charge in [0.1, 0.15) is 6.10 Å². The van der Waals surface area contributed by atoms with Gasteiger partial charge >= 0.3 is 5.97 Å². The Morgan fingerprint density at radius 1 is 1.55 bits per heavy atom. The van der Waals surface area contributed by atoms with Gasteiger partial charge in [0.15, 0.2) is 11.5 Å². The van der Waals surface area contributed by atoms with Gasteiger partial charge in [-0.3, -0.25) is 0 Å². The van der Waals surface area contributed by atoms with Crippen LogP contribution in [0.4, 0.5) is 0 Å². The Kier molecular flexibility index (Phi) is 4.02. The van der Waals surface area contributed by atoms with Crippen molar-refractivity contribution in [1.82, 2.24) is 0 Å². The predicted octanol–water partition coefficient (Wildman–Crippen LogP) is 3.01. The standard InChI is InChI=1S/C16H20O4/c1-9(2)5-6-11-12-7-10(3)20-16(18)13(12)8-14(17)15(11)19-4/h5,8,10,17H,6-7H2,1-4H3. The molecule has 1 aromatic rings. The number of carbonyl (C=O) groups excluding carboxylic acids is 1. The molecule has 0 aromatic heterocycles. The topological polar surface area (TPSA) is 55.8 Å². The summed E-state index contributed by atoms with van der Waals surface area (Å²) in [7, 11) is 1.53. The minimum atomic E-state index is -0.379. The van der Waals surface area contributed by atoms with Crippen LogP contribution in [0.3, 0.4) is 0 Å². The Hall–Kier alpha value is -1.97. The lowest BCUT2D eigenvalue weighted by Gasteiger charge is -2.25. The molecule has 1 aliphatic heterocycles. The zero-order valence-corrected chi connectivity index (χ0v) is 12.3. The second kappa shape index (κ2) is 5.57. The zero-order chi connectivity index (χ0) is 14.9. The van der Waals surface area contributed by atoms with Crippen LogP contribution >= 0.6 is 0 Å². The first-order chi connectivity index (χ1) is 9.43. The van der Waals surface area contributed by atoms with Gasteiger partial charge in [-0.05, 0) is 38.8 Å². The molecule has 0 fully saturated rings. The van der Waals surface area contributed by atoms with Gasteiger partial charge in [0.05, 0.1) is 12.7 Å². The van der Waals surface area contributed by atoms with Gasteiger partial charge in [-0.15, -0.1) is 0 Å². The third-order valence-corrected chi connectivity index (χ3v) is 3.42. The predicted molar refractivity (Wildman–Crippen MR) is 76.4 cm³/mol. The van der Waals surface area contributed by atoms with E-state index in [-0.39, 0.29) is 17.8 Å². The van der Waals surface area contributed by atoms with E-state index in [1.54, 1.807) is 0 Å². The fourth-order valence-corrected chi connectivity index (χ4v) is 2.48. The number of benzene rings is 1. The molecule has 0 saturated heterocycles. The molecule has 1 unspecified atom stereocenters. The van der Waals surface area contributed by atoms with E-state index < -0.39 is 0 Å². The number of ether oxygens (including phenoxy) is 2. The van der Waals surface area contributed by atoms with E-state index in [1.807, 2.05) is 20.8 Å². The number of carbonyl (C=O) groups is 1. The van der Waals surface area contributed by atoms with Crippen LogP contribution in [-0.4, -0.2) is 24.3 Å². The highest BCUT2D eigenvalue weighted by molar-refractivity contribution is 5.94. The van der Waals surface area contributed by atoms with Crippen molar-refractivity contribution in [3.63, 3.8) is 0 Å². The molecule has 108 valence electrons. The van der Waals surface area contributed by atoms with E-state index in [4.69, 9.17) is 9.47 Å². The maximum atomic E-state index is 11.9. The first-order valence-corrected chi connectivity index (χ1v) is 6.70. The Balaban J connectivity index is 2.61. The van der Waals surface area contributed by atoms with Gasteiger partial charge in [0.2, 0.25) is 0 Å². The first kappa shape index (κ1) is 14.4. The maximum Gasteiger partial charge on any atom is 0.338 e. The fourth-order valence-electron chi connectivity index (χ4n) is 2.48. The van der Waals surface area contributed by atoms with E-state index >= 15 is 0 Å². The van der Waals surface area contributed by atoms with E-state index in [0.29, 0.717) is 24.2 Å². The van der Waals surface area contributed by atoms with Gasteiger partial charge in [0.25, 0.3) is 0 Å². The molecule has 4 heteroatoms. The van der Waals surface area contributed by atoms with Crippen molar-refractivity contribution < 1.29 is 19.4 Å². The number of allylic oxidation sites excluding steroid dienone is 2. The van der Waals surface area contributed by atoms with Gasteiger partial charge in [-0.2, -0.15) is 0 Å². The number of cyclic esters (lactones) is 1. The summed E-state index contributed by atoms with van der Waals surface area (Å²) in [5, 5.41) is 10.0. The smallest absolute Gasteiger partial charge is 0.338 e. The molecule has 1 aromatic carbocycles. The lowest BCUT2D eigenvalue weighted by molar-refractivity contribution is 0.0299. The third kappa shape index (κ3) is 2.64. The summed E-state index contributed by atoms with van der Waals surface area (Å²) in [5.74, 6) is 0.0493. The van der Waals surface area contributed by atoms with Crippen molar-refractivity contribution in [2.45, 2.75) is 39.7 Å². The molecular formula is C16H20O4. The van der Waals surface area contributed by atoms with Gasteiger partial charge < -0.3 is 14.6 Å². The minimum absolute atomic E-state index is 0.0186. The monoisotopic (exact) mass is 276 g/mol. The summed E-state index contributed by atoms with van der Waals surface area (Å²) < 4.78 is 10.5. The largest absolute Gasteiger partial charge is 0.504 e. The maximum absolute atomic E-state index is 11.9. The van der Waals surface area contributed by atoms with E-state index in [1.165, 1.54) is 18.7 Å². The van der Waals surface area contributed by atoms with Gasteiger partial charge in [0, 0.05) is 12.0 Å². The molecule has 2 rings (SSSR count). The number of fused-ring (bicyclic) bond motifs is 1. The molecule has 1 aliphatic rings. The zero-order valence-electron chi connectivity index (χ0n) is 12.3. The number of rotatable bonds is 3. The number of aromatic hydroxyl groups is 1. The Morgan fingerprint density at radius 3 is 2.85 bits per heavy atom. The van der Waals surface area contributed by atoms with E-state index in [0.717, 1.165) is 11.1 Å². The summed E-state index contributed by atoms with van der Waals surface area (Å²) in [4.78, 5) is 11.9. The third-order valence-electron chi connectivity index (χ3n) is 3.42. The number of phenols is 1. The quantitative estimate of drug-likeness (QED) is 0.681. The van der Waals surface area contributed by atoms with Crippen LogP contribution in [0, 0.1) is 0 Å². The molecule has 4 nitrogen and oxygen atoms in total. The number of phenolic OH excluding ortho intramolecular Hbond substituents is 1. The Bertz CT molecular complexity index is 568. The molecule has 0 saturated carbocycles. The molecular weight excluding hydrogens is 256 g/mol. The van der Waals surface area contributed by atoms with Crippen molar-refractivity contribution in [2.24, 2.45) is 0 Å². The average Bonchev–Trinajstić information content (AvgIpc) is 2.36. The second-order valence-corrected chi connectivity index (χ2v) is 5.34. The Morgan fingerprint density at radius 2 is 2.25 bits per heavy atom. The summed E-state index contributed by atoms with van der Waals surface area (Å²) in [6.07, 6.45) is 3.17. The normalized spacial score (nSPS) is 17.2. The minimum Gasteiger partial charge on any atom is -0.504 e. The van der Waals surface area contributed by atoms with Crippen molar-refractivity contribution in [1.29, 1.82) is 0 Å². The molecule has 1 heterocycles.